The fourth-order valence-corrected chi connectivity index (χ4v) is 1.33. The summed E-state index contributed by atoms with van der Waals surface area (Å²) in [6.45, 7) is 2.32. The van der Waals surface area contributed by atoms with Gasteiger partial charge in [0.25, 0.3) is 0 Å². The highest BCUT2D eigenvalue weighted by atomic mass is 35.5. The van der Waals surface area contributed by atoms with Gasteiger partial charge < -0.3 is 10.8 Å². The smallest absolute Gasteiger partial charge is 0.0585 e. The molecule has 1 atom stereocenters. The average Bonchev–Trinajstić information content (AvgIpc) is 2.21. The first-order valence-electron chi connectivity index (χ1n) is 5.82. The second kappa shape index (κ2) is 13.9. The van der Waals surface area contributed by atoms with Crippen LogP contribution in [-0.4, -0.2) is 17.8 Å². The Bertz CT molecular complexity index is 140. The van der Waals surface area contributed by atoms with Crippen LogP contribution < -0.4 is 5.73 Å². The van der Waals surface area contributed by atoms with Gasteiger partial charge in [-0.1, -0.05) is 44.8 Å². The van der Waals surface area contributed by atoms with E-state index in [1.54, 1.807) is 0 Å². The predicted octanol–water partition coefficient (Wildman–Crippen LogP) is 3.03. The van der Waals surface area contributed by atoms with Gasteiger partial charge in [0.2, 0.25) is 0 Å². The van der Waals surface area contributed by atoms with Crippen molar-refractivity contribution >= 4 is 12.4 Å². The Morgan fingerprint density at radius 2 is 1.80 bits per heavy atom. The standard InChI is InChI=1S/C12H25NO.ClH/c1-2-3-4-5-6-7-8-9-10-12(13)11-14;/h8-9,12,14H,2-7,10-11,13H2,1H3;1H/b9-8+;. The maximum atomic E-state index is 8.68. The highest BCUT2D eigenvalue weighted by Gasteiger charge is 1.94. The van der Waals surface area contributed by atoms with Crippen LogP contribution in [-0.2, 0) is 0 Å². The second-order valence-electron chi connectivity index (χ2n) is 3.85. The third-order valence-electron chi connectivity index (χ3n) is 2.31. The van der Waals surface area contributed by atoms with E-state index in [-0.39, 0.29) is 25.1 Å². The number of allylic oxidation sites excluding steroid dienone is 1. The Labute approximate surface area is 100 Å². The third-order valence-corrected chi connectivity index (χ3v) is 2.31. The summed E-state index contributed by atoms with van der Waals surface area (Å²) in [5.74, 6) is 0. The number of halogens is 1. The van der Waals surface area contributed by atoms with E-state index in [2.05, 4.69) is 19.1 Å². The largest absolute Gasteiger partial charge is 0.395 e. The van der Waals surface area contributed by atoms with E-state index in [1.807, 2.05) is 0 Å². The number of rotatable bonds is 9. The van der Waals surface area contributed by atoms with E-state index in [0.29, 0.717) is 0 Å². The summed E-state index contributed by atoms with van der Waals surface area (Å²) < 4.78 is 0. The molecule has 2 nitrogen and oxygen atoms in total. The highest BCUT2D eigenvalue weighted by molar-refractivity contribution is 5.85. The van der Waals surface area contributed by atoms with Crippen molar-refractivity contribution < 1.29 is 5.11 Å². The van der Waals surface area contributed by atoms with E-state index in [1.165, 1.54) is 32.1 Å². The summed E-state index contributed by atoms with van der Waals surface area (Å²) in [7, 11) is 0. The molecule has 92 valence electrons. The molecule has 0 bridgehead atoms. The van der Waals surface area contributed by atoms with E-state index in [4.69, 9.17) is 10.8 Å². The molecule has 0 aliphatic rings. The fourth-order valence-electron chi connectivity index (χ4n) is 1.33. The molecule has 0 heterocycles. The fraction of sp³-hybridized carbons (Fsp3) is 0.833. The molecule has 0 aliphatic heterocycles. The first-order valence-corrected chi connectivity index (χ1v) is 5.82. The minimum absolute atomic E-state index is 0. The zero-order chi connectivity index (χ0) is 10.6. The topological polar surface area (TPSA) is 46.2 Å². The van der Waals surface area contributed by atoms with Crippen molar-refractivity contribution in [3.8, 4) is 0 Å². The molecule has 0 aromatic rings. The molecule has 15 heavy (non-hydrogen) atoms. The van der Waals surface area contributed by atoms with E-state index in [9.17, 15) is 0 Å². The molecule has 1 unspecified atom stereocenters. The van der Waals surface area contributed by atoms with Crippen molar-refractivity contribution in [2.75, 3.05) is 6.61 Å². The molecule has 0 saturated heterocycles. The number of hydrogen-bond donors (Lipinski definition) is 2. The number of aliphatic hydroxyl groups is 1. The summed E-state index contributed by atoms with van der Waals surface area (Å²) in [6, 6.07) is -0.0775. The van der Waals surface area contributed by atoms with Crippen molar-refractivity contribution in [2.45, 2.75) is 57.9 Å². The summed E-state index contributed by atoms with van der Waals surface area (Å²) in [6.07, 6.45) is 12.9. The van der Waals surface area contributed by atoms with Crippen molar-refractivity contribution in [3.05, 3.63) is 12.2 Å². The molecule has 0 radical (unpaired) electrons. The maximum absolute atomic E-state index is 8.68. The molecule has 0 rings (SSSR count). The zero-order valence-electron chi connectivity index (χ0n) is 9.82. The van der Waals surface area contributed by atoms with Crippen LogP contribution in [0, 0.1) is 0 Å². The molecule has 0 fully saturated rings. The predicted molar refractivity (Wildman–Crippen MR) is 69.4 cm³/mol. The van der Waals surface area contributed by atoms with E-state index in [0.717, 1.165) is 12.8 Å². The molecule has 0 amide bonds. The molecule has 0 aromatic carbocycles. The number of aliphatic hydroxyl groups excluding tert-OH is 1. The van der Waals surface area contributed by atoms with Crippen LogP contribution in [0.2, 0.25) is 0 Å². The van der Waals surface area contributed by atoms with Crippen molar-refractivity contribution in [1.82, 2.24) is 0 Å². The van der Waals surface area contributed by atoms with Crippen LogP contribution in [0.5, 0.6) is 0 Å². The average molecular weight is 236 g/mol. The lowest BCUT2D eigenvalue weighted by atomic mass is 10.1. The molecule has 3 heteroatoms. The second-order valence-corrected chi connectivity index (χ2v) is 3.85. The molecule has 3 N–H and O–H groups in total. The van der Waals surface area contributed by atoms with Gasteiger partial charge in [0.1, 0.15) is 0 Å². The molecule has 0 saturated carbocycles. The van der Waals surface area contributed by atoms with Crippen LogP contribution in [0.4, 0.5) is 0 Å². The lowest BCUT2D eigenvalue weighted by Gasteiger charge is -2.02. The summed E-state index contributed by atoms with van der Waals surface area (Å²) >= 11 is 0. The molecular formula is C12H26ClNO. The van der Waals surface area contributed by atoms with Crippen LogP contribution >= 0.6 is 12.4 Å². The van der Waals surface area contributed by atoms with Crippen molar-refractivity contribution in [1.29, 1.82) is 0 Å². The van der Waals surface area contributed by atoms with E-state index < -0.39 is 0 Å². The Kier molecular flexibility index (Phi) is 16.1. The van der Waals surface area contributed by atoms with Gasteiger partial charge in [-0.25, -0.2) is 0 Å². The zero-order valence-corrected chi connectivity index (χ0v) is 10.6. The van der Waals surface area contributed by atoms with Gasteiger partial charge in [0.05, 0.1) is 6.61 Å². The Balaban J connectivity index is 0. The maximum Gasteiger partial charge on any atom is 0.0585 e. The first kappa shape index (κ1) is 17.3. The molecule has 0 aliphatic carbocycles. The molecule has 0 spiro atoms. The van der Waals surface area contributed by atoms with Crippen LogP contribution in [0.1, 0.15) is 51.9 Å². The lowest BCUT2D eigenvalue weighted by molar-refractivity contribution is 0.266. The van der Waals surface area contributed by atoms with Crippen molar-refractivity contribution in [3.63, 3.8) is 0 Å². The van der Waals surface area contributed by atoms with Gasteiger partial charge in [-0.3, -0.25) is 0 Å². The Morgan fingerprint density at radius 1 is 1.13 bits per heavy atom. The normalized spacial score (nSPS) is 12.7. The monoisotopic (exact) mass is 235 g/mol. The van der Waals surface area contributed by atoms with Gasteiger partial charge >= 0.3 is 0 Å². The minimum atomic E-state index is -0.0775. The minimum Gasteiger partial charge on any atom is -0.395 e. The van der Waals surface area contributed by atoms with Crippen LogP contribution in [0.3, 0.4) is 0 Å². The molecule has 0 aromatic heterocycles. The van der Waals surface area contributed by atoms with Gasteiger partial charge in [0, 0.05) is 6.04 Å². The number of hydrogen-bond acceptors (Lipinski definition) is 2. The summed E-state index contributed by atoms with van der Waals surface area (Å²) in [4.78, 5) is 0. The number of unbranched alkanes of at least 4 members (excludes halogenated alkanes) is 5. The first-order chi connectivity index (χ1) is 6.81. The van der Waals surface area contributed by atoms with Crippen LogP contribution in [0.15, 0.2) is 12.2 Å². The molecular weight excluding hydrogens is 210 g/mol. The SMILES string of the molecule is CCCCCCC/C=C/CC(N)CO.Cl. The summed E-state index contributed by atoms with van der Waals surface area (Å²) in [5, 5.41) is 8.68. The van der Waals surface area contributed by atoms with Gasteiger partial charge in [-0.2, -0.15) is 0 Å². The quantitative estimate of drug-likeness (QED) is 0.477. The highest BCUT2D eigenvalue weighted by Crippen LogP contribution is 2.05. The van der Waals surface area contributed by atoms with Gasteiger partial charge in [0.15, 0.2) is 0 Å². The van der Waals surface area contributed by atoms with Gasteiger partial charge in [-0.05, 0) is 19.3 Å². The number of nitrogens with two attached hydrogens (primary N) is 1. The van der Waals surface area contributed by atoms with Crippen LogP contribution in [0.25, 0.3) is 0 Å². The third kappa shape index (κ3) is 14.0. The van der Waals surface area contributed by atoms with Crippen molar-refractivity contribution in [2.24, 2.45) is 5.73 Å². The lowest BCUT2D eigenvalue weighted by Crippen LogP contribution is -2.22. The Hall–Kier alpha value is -0.0500. The summed E-state index contributed by atoms with van der Waals surface area (Å²) in [5.41, 5.74) is 5.55. The van der Waals surface area contributed by atoms with E-state index >= 15 is 0 Å². The Morgan fingerprint density at radius 3 is 2.40 bits per heavy atom. The van der Waals surface area contributed by atoms with Gasteiger partial charge in [-0.15, -0.1) is 12.4 Å².